The van der Waals surface area contributed by atoms with Crippen LogP contribution in [0.3, 0.4) is 0 Å². The van der Waals surface area contributed by atoms with Crippen molar-refractivity contribution in [3.63, 3.8) is 0 Å². The van der Waals surface area contributed by atoms with Crippen LogP contribution in [0.25, 0.3) is 0 Å². The van der Waals surface area contributed by atoms with E-state index in [1.807, 2.05) is 39.8 Å². The molecule has 2 nitrogen and oxygen atoms in total. The molecule has 0 aliphatic rings. The second-order valence-corrected chi connectivity index (χ2v) is 4.56. The molecule has 0 aliphatic heterocycles. The van der Waals surface area contributed by atoms with Crippen LogP contribution in [0.4, 0.5) is 0 Å². The van der Waals surface area contributed by atoms with Crippen molar-refractivity contribution in [1.29, 1.82) is 0 Å². The van der Waals surface area contributed by atoms with E-state index >= 15 is 0 Å². The second-order valence-electron chi connectivity index (χ2n) is 4.56. The first-order chi connectivity index (χ1) is 7.50. The fraction of sp³-hybridized carbons (Fsp3) is 0.571. The van der Waals surface area contributed by atoms with Crippen molar-refractivity contribution in [2.45, 2.75) is 53.1 Å². The topological polar surface area (TPSA) is 18.5 Å². The van der Waals surface area contributed by atoms with Gasteiger partial charge in [-0.2, -0.15) is 0 Å². The van der Waals surface area contributed by atoms with Gasteiger partial charge in [0.05, 0.1) is 12.2 Å². The van der Waals surface area contributed by atoms with E-state index in [0.717, 1.165) is 5.56 Å². The van der Waals surface area contributed by atoms with Crippen molar-refractivity contribution in [3.05, 3.63) is 35.4 Å². The van der Waals surface area contributed by atoms with E-state index in [-0.39, 0.29) is 18.5 Å². The summed E-state index contributed by atoms with van der Waals surface area (Å²) in [6.45, 7) is 10.2. The minimum absolute atomic E-state index is 0.156. The maximum atomic E-state index is 5.81. The van der Waals surface area contributed by atoms with Crippen molar-refractivity contribution >= 4 is 0 Å². The molecule has 0 atom stereocenters. The Balaban J connectivity index is 2.87. The largest absolute Gasteiger partial charge is 0.346 e. The summed E-state index contributed by atoms with van der Waals surface area (Å²) < 4.78 is 11.6. The van der Waals surface area contributed by atoms with Crippen LogP contribution in [0.5, 0.6) is 0 Å². The predicted molar refractivity (Wildman–Crippen MR) is 66.4 cm³/mol. The molecule has 0 spiro atoms. The lowest BCUT2D eigenvalue weighted by molar-refractivity contribution is -0.185. The standard InChI is InChI=1S/C14H22O2/c1-10(2)15-14(16-11(3)4)13-9-7-6-8-12(13)5/h6-11,14H,1-5H3. The van der Waals surface area contributed by atoms with Gasteiger partial charge >= 0.3 is 0 Å². The highest BCUT2D eigenvalue weighted by molar-refractivity contribution is 5.26. The SMILES string of the molecule is Cc1ccccc1C(OC(C)C)OC(C)C. The third-order valence-electron chi connectivity index (χ3n) is 2.23. The molecule has 0 N–H and O–H groups in total. The Morgan fingerprint density at radius 3 is 1.81 bits per heavy atom. The Labute approximate surface area is 98.6 Å². The number of rotatable bonds is 5. The molecule has 0 amide bonds. The summed E-state index contributed by atoms with van der Waals surface area (Å²) >= 11 is 0. The van der Waals surface area contributed by atoms with Gasteiger partial charge in [0, 0.05) is 5.56 Å². The van der Waals surface area contributed by atoms with Gasteiger partial charge in [-0.3, -0.25) is 0 Å². The molecule has 16 heavy (non-hydrogen) atoms. The summed E-state index contributed by atoms with van der Waals surface area (Å²) in [7, 11) is 0. The number of ether oxygens (including phenoxy) is 2. The lowest BCUT2D eigenvalue weighted by Gasteiger charge is -2.24. The van der Waals surface area contributed by atoms with Crippen molar-refractivity contribution in [1.82, 2.24) is 0 Å². The van der Waals surface area contributed by atoms with Crippen LogP contribution >= 0.6 is 0 Å². The van der Waals surface area contributed by atoms with Gasteiger partial charge < -0.3 is 9.47 Å². The van der Waals surface area contributed by atoms with Crippen molar-refractivity contribution < 1.29 is 9.47 Å². The molecule has 0 heterocycles. The molecule has 0 saturated carbocycles. The molecule has 0 saturated heterocycles. The monoisotopic (exact) mass is 222 g/mol. The first kappa shape index (κ1) is 13.2. The molecule has 0 radical (unpaired) electrons. The second kappa shape index (κ2) is 6.02. The normalized spacial score (nSPS) is 11.8. The summed E-state index contributed by atoms with van der Waals surface area (Å²) in [5, 5.41) is 0. The highest BCUT2D eigenvalue weighted by Gasteiger charge is 2.17. The first-order valence-electron chi connectivity index (χ1n) is 5.87. The molecule has 1 rings (SSSR count). The van der Waals surface area contributed by atoms with Gasteiger partial charge in [0.1, 0.15) is 0 Å². The summed E-state index contributed by atoms with van der Waals surface area (Å²) in [5.41, 5.74) is 2.32. The fourth-order valence-corrected chi connectivity index (χ4v) is 1.52. The van der Waals surface area contributed by atoms with Gasteiger partial charge in [-0.25, -0.2) is 0 Å². The maximum absolute atomic E-state index is 5.81. The summed E-state index contributed by atoms with van der Waals surface area (Å²) in [6, 6.07) is 8.18. The zero-order chi connectivity index (χ0) is 12.1. The Morgan fingerprint density at radius 2 is 1.38 bits per heavy atom. The molecule has 0 aliphatic carbocycles. The Kier molecular flexibility index (Phi) is 4.97. The molecule has 0 aromatic heterocycles. The Bertz CT molecular complexity index is 308. The van der Waals surface area contributed by atoms with Gasteiger partial charge in [0.15, 0.2) is 6.29 Å². The molecule has 2 heteroatoms. The van der Waals surface area contributed by atoms with Gasteiger partial charge in [0.2, 0.25) is 0 Å². The molecule has 1 aromatic carbocycles. The van der Waals surface area contributed by atoms with Gasteiger partial charge in [-0.1, -0.05) is 24.3 Å². The van der Waals surface area contributed by atoms with E-state index in [2.05, 4.69) is 19.1 Å². The molecule has 0 fully saturated rings. The smallest absolute Gasteiger partial charge is 0.184 e. The molecular weight excluding hydrogens is 200 g/mol. The number of hydrogen-bond acceptors (Lipinski definition) is 2. The molecule has 90 valence electrons. The lowest BCUT2D eigenvalue weighted by Crippen LogP contribution is -2.18. The zero-order valence-corrected chi connectivity index (χ0v) is 10.9. The maximum Gasteiger partial charge on any atom is 0.184 e. The van der Waals surface area contributed by atoms with E-state index < -0.39 is 0 Å². The third-order valence-corrected chi connectivity index (χ3v) is 2.23. The summed E-state index contributed by atoms with van der Waals surface area (Å²) in [6.07, 6.45) is 0.0490. The van der Waals surface area contributed by atoms with Crippen LogP contribution < -0.4 is 0 Å². The van der Waals surface area contributed by atoms with E-state index in [0.29, 0.717) is 0 Å². The highest BCUT2D eigenvalue weighted by Crippen LogP contribution is 2.25. The average molecular weight is 222 g/mol. The quantitative estimate of drug-likeness (QED) is 0.705. The lowest BCUT2D eigenvalue weighted by atomic mass is 10.1. The van der Waals surface area contributed by atoms with Gasteiger partial charge in [0.25, 0.3) is 0 Å². The van der Waals surface area contributed by atoms with E-state index in [1.54, 1.807) is 0 Å². The van der Waals surface area contributed by atoms with Crippen molar-refractivity contribution in [2.24, 2.45) is 0 Å². The van der Waals surface area contributed by atoms with Crippen LogP contribution in [-0.2, 0) is 9.47 Å². The fourth-order valence-electron chi connectivity index (χ4n) is 1.52. The number of aryl methyl sites for hydroxylation is 1. The molecule has 0 unspecified atom stereocenters. The number of hydrogen-bond donors (Lipinski definition) is 0. The third kappa shape index (κ3) is 3.95. The number of benzene rings is 1. The van der Waals surface area contributed by atoms with Crippen LogP contribution in [-0.4, -0.2) is 12.2 Å². The summed E-state index contributed by atoms with van der Waals surface area (Å²) in [4.78, 5) is 0. The van der Waals surface area contributed by atoms with Crippen LogP contribution in [0.1, 0.15) is 45.1 Å². The van der Waals surface area contributed by atoms with Crippen molar-refractivity contribution in [2.75, 3.05) is 0 Å². The zero-order valence-electron chi connectivity index (χ0n) is 10.9. The van der Waals surface area contributed by atoms with Gasteiger partial charge in [-0.05, 0) is 40.2 Å². The minimum Gasteiger partial charge on any atom is -0.346 e. The van der Waals surface area contributed by atoms with Crippen molar-refractivity contribution in [3.8, 4) is 0 Å². The van der Waals surface area contributed by atoms with Gasteiger partial charge in [-0.15, -0.1) is 0 Å². The van der Waals surface area contributed by atoms with E-state index in [4.69, 9.17) is 9.47 Å². The highest BCUT2D eigenvalue weighted by atomic mass is 16.7. The van der Waals surface area contributed by atoms with Crippen LogP contribution in [0.2, 0.25) is 0 Å². The molecule has 0 bridgehead atoms. The van der Waals surface area contributed by atoms with Crippen LogP contribution in [0, 0.1) is 6.92 Å². The summed E-state index contributed by atoms with van der Waals surface area (Å²) in [5.74, 6) is 0. The Morgan fingerprint density at radius 1 is 0.875 bits per heavy atom. The van der Waals surface area contributed by atoms with Crippen LogP contribution in [0.15, 0.2) is 24.3 Å². The molecular formula is C14H22O2. The Hall–Kier alpha value is -0.860. The minimum atomic E-state index is -0.263. The first-order valence-corrected chi connectivity index (χ1v) is 5.87. The van der Waals surface area contributed by atoms with E-state index in [1.165, 1.54) is 5.56 Å². The average Bonchev–Trinajstić information content (AvgIpc) is 2.15. The molecule has 1 aromatic rings. The predicted octanol–water partition coefficient (Wildman–Crippen LogP) is 3.84. The van der Waals surface area contributed by atoms with E-state index in [9.17, 15) is 0 Å².